The van der Waals surface area contributed by atoms with E-state index in [-0.39, 0.29) is 11.9 Å². The van der Waals surface area contributed by atoms with Crippen LogP contribution >= 0.6 is 0 Å². The van der Waals surface area contributed by atoms with Crippen molar-refractivity contribution >= 4 is 12.0 Å². The second kappa shape index (κ2) is 5.46. The highest BCUT2D eigenvalue weighted by atomic mass is 16.4. The van der Waals surface area contributed by atoms with Crippen LogP contribution in [-0.4, -0.2) is 66.3 Å². The van der Waals surface area contributed by atoms with E-state index in [0.717, 1.165) is 13.1 Å². The van der Waals surface area contributed by atoms with E-state index in [1.807, 2.05) is 23.6 Å². The third-order valence-electron chi connectivity index (χ3n) is 3.13. The van der Waals surface area contributed by atoms with Crippen LogP contribution in [0.2, 0.25) is 0 Å². The monoisotopic (exact) mass is 267 g/mol. The Hall–Kier alpha value is -1.79. The van der Waals surface area contributed by atoms with E-state index in [0.29, 0.717) is 25.0 Å². The van der Waals surface area contributed by atoms with Crippen LogP contribution in [0.5, 0.6) is 0 Å². The molecule has 0 spiro atoms. The Kier molecular flexibility index (Phi) is 3.92. The normalized spacial score (nSPS) is 16.1. The van der Waals surface area contributed by atoms with Crippen molar-refractivity contribution in [3.8, 4) is 0 Å². The van der Waals surface area contributed by atoms with E-state index in [9.17, 15) is 4.79 Å². The van der Waals surface area contributed by atoms with Crippen LogP contribution in [0.4, 0.5) is 10.8 Å². The summed E-state index contributed by atoms with van der Waals surface area (Å²) in [5.41, 5.74) is 0. The van der Waals surface area contributed by atoms with Crippen molar-refractivity contribution in [3.63, 3.8) is 0 Å². The quantitative estimate of drug-likeness (QED) is 0.799. The third kappa shape index (κ3) is 2.97. The predicted octanol–water partition coefficient (Wildman–Crippen LogP) is 0.997. The molecule has 7 nitrogen and oxygen atoms in total. The lowest BCUT2D eigenvalue weighted by molar-refractivity contribution is 0.167. The number of aromatic nitrogens is 2. The second-order valence-electron chi connectivity index (χ2n) is 5.23. The summed E-state index contributed by atoms with van der Waals surface area (Å²) < 4.78 is 5.62. The molecule has 1 aliphatic heterocycles. The van der Waals surface area contributed by atoms with E-state index in [1.54, 1.807) is 19.0 Å². The van der Waals surface area contributed by atoms with Crippen LogP contribution in [0, 0.1) is 0 Å². The Morgan fingerprint density at radius 1 is 1.21 bits per heavy atom. The molecule has 0 unspecified atom stereocenters. The molecule has 1 aromatic heterocycles. The van der Waals surface area contributed by atoms with Crippen molar-refractivity contribution in [2.75, 3.05) is 45.2 Å². The molecule has 1 saturated heterocycles. The molecule has 1 aromatic rings. The van der Waals surface area contributed by atoms with Crippen LogP contribution in [0.1, 0.15) is 25.7 Å². The first-order valence-electron chi connectivity index (χ1n) is 6.53. The lowest BCUT2D eigenvalue weighted by atomic mass is 10.2. The van der Waals surface area contributed by atoms with Crippen molar-refractivity contribution in [2.24, 2.45) is 0 Å². The largest absolute Gasteiger partial charge is 0.408 e. The molecule has 1 aliphatic rings. The van der Waals surface area contributed by atoms with Gasteiger partial charge in [-0.05, 0) is 0 Å². The van der Waals surface area contributed by atoms with Crippen molar-refractivity contribution < 1.29 is 9.21 Å². The Balaban J connectivity index is 1.94. The number of piperazine rings is 1. The van der Waals surface area contributed by atoms with Gasteiger partial charge in [-0.1, -0.05) is 18.9 Å². The minimum absolute atomic E-state index is 0.0491. The third-order valence-corrected chi connectivity index (χ3v) is 3.13. The fraction of sp³-hybridized carbons (Fsp3) is 0.750. The number of carbonyl (C=O) groups is 1. The summed E-state index contributed by atoms with van der Waals surface area (Å²) in [6.45, 7) is 6.83. The van der Waals surface area contributed by atoms with Gasteiger partial charge >= 0.3 is 12.0 Å². The van der Waals surface area contributed by atoms with Gasteiger partial charge in [0.25, 0.3) is 0 Å². The number of rotatable bonds is 2. The molecule has 19 heavy (non-hydrogen) atoms. The summed E-state index contributed by atoms with van der Waals surface area (Å²) in [5.74, 6) is 0.889. The van der Waals surface area contributed by atoms with Gasteiger partial charge < -0.3 is 19.1 Å². The fourth-order valence-electron chi connectivity index (χ4n) is 1.96. The van der Waals surface area contributed by atoms with Gasteiger partial charge in [-0.15, -0.1) is 5.10 Å². The highest BCUT2D eigenvalue weighted by Crippen LogP contribution is 2.19. The first-order valence-corrected chi connectivity index (χ1v) is 6.53. The van der Waals surface area contributed by atoms with E-state index in [1.165, 1.54) is 0 Å². The fourth-order valence-corrected chi connectivity index (χ4v) is 1.96. The van der Waals surface area contributed by atoms with E-state index in [4.69, 9.17) is 4.42 Å². The van der Waals surface area contributed by atoms with Crippen LogP contribution < -0.4 is 4.90 Å². The molecule has 2 rings (SSSR count). The van der Waals surface area contributed by atoms with Gasteiger partial charge in [-0.25, -0.2) is 4.79 Å². The van der Waals surface area contributed by atoms with E-state index >= 15 is 0 Å². The van der Waals surface area contributed by atoms with Gasteiger partial charge in [0.2, 0.25) is 5.89 Å². The van der Waals surface area contributed by atoms with Gasteiger partial charge in [-0.2, -0.15) is 0 Å². The summed E-state index contributed by atoms with van der Waals surface area (Å²) in [7, 11) is 3.53. The molecule has 106 valence electrons. The van der Waals surface area contributed by atoms with Gasteiger partial charge in [0.15, 0.2) is 0 Å². The average molecular weight is 267 g/mol. The second-order valence-corrected chi connectivity index (χ2v) is 5.23. The molecule has 0 N–H and O–H groups in total. The molecule has 0 atom stereocenters. The van der Waals surface area contributed by atoms with E-state index < -0.39 is 0 Å². The number of hydrogen-bond donors (Lipinski definition) is 0. The Morgan fingerprint density at radius 3 is 2.32 bits per heavy atom. The zero-order chi connectivity index (χ0) is 14.0. The molecular weight excluding hydrogens is 246 g/mol. The first-order chi connectivity index (χ1) is 8.99. The molecule has 0 bridgehead atoms. The van der Waals surface area contributed by atoms with Gasteiger partial charge in [0.05, 0.1) is 0 Å². The molecule has 0 aliphatic carbocycles. The topological polar surface area (TPSA) is 65.7 Å². The molecular formula is C12H21N5O2. The first kappa shape index (κ1) is 13.6. The summed E-state index contributed by atoms with van der Waals surface area (Å²) in [5, 5.41) is 8.09. The molecule has 0 saturated carbocycles. The highest BCUT2D eigenvalue weighted by molar-refractivity contribution is 5.74. The van der Waals surface area contributed by atoms with Crippen LogP contribution in [0.25, 0.3) is 0 Å². The molecule has 0 aromatic carbocycles. The lowest BCUT2D eigenvalue weighted by Gasteiger charge is -2.34. The number of anilines is 1. The molecule has 2 amide bonds. The number of urea groups is 1. The van der Waals surface area contributed by atoms with Crippen LogP contribution in [-0.2, 0) is 0 Å². The summed E-state index contributed by atoms with van der Waals surface area (Å²) in [6, 6.07) is 0.605. The maximum absolute atomic E-state index is 11.8. The number of amides is 2. The van der Waals surface area contributed by atoms with Crippen molar-refractivity contribution in [2.45, 2.75) is 19.8 Å². The van der Waals surface area contributed by atoms with Gasteiger partial charge in [-0.3, -0.25) is 0 Å². The standard InChI is InChI=1S/C12H21N5O2/c1-9(2)10-13-14-11(19-10)16-5-7-17(8-6-16)12(18)15(3)4/h9H,5-8H2,1-4H3. The molecule has 2 heterocycles. The van der Waals surface area contributed by atoms with Gasteiger partial charge in [0.1, 0.15) is 0 Å². The maximum Gasteiger partial charge on any atom is 0.319 e. The number of nitrogens with zero attached hydrogens (tertiary/aromatic N) is 5. The van der Waals surface area contributed by atoms with Crippen molar-refractivity contribution in [1.82, 2.24) is 20.0 Å². The Labute approximate surface area is 113 Å². The van der Waals surface area contributed by atoms with Gasteiger partial charge in [0, 0.05) is 46.2 Å². The van der Waals surface area contributed by atoms with Crippen LogP contribution in [0.3, 0.4) is 0 Å². The van der Waals surface area contributed by atoms with Crippen molar-refractivity contribution in [1.29, 1.82) is 0 Å². The molecule has 1 fully saturated rings. The SMILES string of the molecule is CC(C)c1nnc(N2CCN(C(=O)N(C)C)CC2)o1. The Morgan fingerprint density at radius 2 is 1.84 bits per heavy atom. The molecule has 7 heteroatoms. The molecule has 0 radical (unpaired) electrons. The minimum atomic E-state index is 0.0491. The maximum atomic E-state index is 11.8. The minimum Gasteiger partial charge on any atom is -0.408 e. The Bertz CT molecular complexity index is 435. The smallest absolute Gasteiger partial charge is 0.319 e. The summed E-state index contributed by atoms with van der Waals surface area (Å²) in [4.78, 5) is 17.3. The zero-order valence-electron chi connectivity index (χ0n) is 12.0. The zero-order valence-corrected chi connectivity index (χ0v) is 12.0. The lowest BCUT2D eigenvalue weighted by Crippen LogP contribution is -2.51. The summed E-state index contributed by atoms with van der Waals surface area (Å²) >= 11 is 0. The highest BCUT2D eigenvalue weighted by Gasteiger charge is 2.25. The van der Waals surface area contributed by atoms with E-state index in [2.05, 4.69) is 10.2 Å². The predicted molar refractivity (Wildman–Crippen MR) is 71.3 cm³/mol. The average Bonchev–Trinajstić information content (AvgIpc) is 2.87. The summed E-state index contributed by atoms with van der Waals surface area (Å²) in [6.07, 6.45) is 0. The number of carbonyl (C=O) groups excluding carboxylic acids is 1. The van der Waals surface area contributed by atoms with Crippen molar-refractivity contribution in [3.05, 3.63) is 5.89 Å². The van der Waals surface area contributed by atoms with Crippen LogP contribution in [0.15, 0.2) is 4.42 Å². The number of hydrogen-bond acceptors (Lipinski definition) is 5.